The number of aliphatic hydroxyl groups excluding tert-OH is 1. The Hall–Kier alpha value is -1.85. The maximum absolute atomic E-state index is 9.64. The van der Waals surface area contributed by atoms with Crippen molar-refractivity contribution in [3.8, 4) is 17.0 Å². The van der Waals surface area contributed by atoms with Gasteiger partial charge in [0.25, 0.3) is 0 Å². The van der Waals surface area contributed by atoms with Crippen molar-refractivity contribution in [1.29, 1.82) is 0 Å². The molecule has 5 heteroatoms. The maximum atomic E-state index is 9.64. The van der Waals surface area contributed by atoms with Gasteiger partial charge in [0.2, 0.25) is 0 Å². The fourth-order valence-corrected chi connectivity index (χ4v) is 1.45. The molecule has 0 fully saturated rings. The lowest BCUT2D eigenvalue weighted by atomic mass is 10.1. The summed E-state index contributed by atoms with van der Waals surface area (Å²) in [6.07, 6.45) is 1.58. The standard InChI is InChI=1S/C11H13N3O2.C2H6/c12-8(6-15)11-13-5-9(14-11)7-3-1-2-4-10(7)16;1-2/h1-5,8,15-16H,6,12H2,(H,13,14);1-2H3. The van der Waals surface area contributed by atoms with E-state index in [1.165, 1.54) is 0 Å². The number of nitrogens with one attached hydrogen (secondary N) is 1. The molecule has 1 aromatic heterocycles. The monoisotopic (exact) mass is 249 g/mol. The van der Waals surface area contributed by atoms with Gasteiger partial charge in [-0.1, -0.05) is 26.0 Å². The summed E-state index contributed by atoms with van der Waals surface area (Å²) >= 11 is 0. The number of nitrogens with zero attached hydrogens (tertiary/aromatic N) is 1. The molecule has 0 amide bonds. The Labute approximate surface area is 106 Å². The average molecular weight is 249 g/mol. The van der Waals surface area contributed by atoms with E-state index >= 15 is 0 Å². The van der Waals surface area contributed by atoms with Crippen LogP contribution in [0.1, 0.15) is 25.7 Å². The van der Waals surface area contributed by atoms with Gasteiger partial charge in [0.15, 0.2) is 0 Å². The molecule has 0 radical (unpaired) electrons. The molecule has 5 nitrogen and oxygen atoms in total. The molecule has 2 aromatic rings. The zero-order valence-electron chi connectivity index (χ0n) is 10.6. The Kier molecular flexibility index (Phi) is 5.35. The first-order valence-electron chi connectivity index (χ1n) is 5.92. The van der Waals surface area contributed by atoms with Gasteiger partial charge in [0, 0.05) is 5.56 Å². The fraction of sp³-hybridized carbons (Fsp3) is 0.308. The summed E-state index contributed by atoms with van der Waals surface area (Å²) < 4.78 is 0. The first-order chi connectivity index (χ1) is 8.72. The summed E-state index contributed by atoms with van der Waals surface area (Å²) in [6, 6.07) is 6.41. The molecule has 1 heterocycles. The van der Waals surface area contributed by atoms with Gasteiger partial charge in [-0.3, -0.25) is 0 Å². The number of aromatic hydroxyl groups is 1. The number of nitrogens with two attached hydrogens (primary N) is 1. The second-order valence-corrected chi connectivity index (χ2v) is 3.49. The van der Waals surface area contributed by atoms with Gasteiger partial charge >= 0.3 is 0 Å². The molecule has 98 valence electrons. The van der Waals surface area contributed by atoms with E-state index < -0.39 is 6.04 Å². The number of hydrogen-bond donors (Lipinski definition) is 4. The largest absolute Gasteiger partial charge is 0.507 e. The van der Waals surface area contributed by atoms with Crippen LogP contribution >= 0.6 is 0 Å². The molecule has 2 rings (SSSR count). The quantitative estimate of drug-likeness (QED) is 0.667. The Bertz CT molecular complexity index is 483. The molecule has 0 aliphatic heterocycles. The van der Waals surface area contributed by atoms with Gasteiger partial charge in [-0.05, 0) is 12.1 Å². The van der Waals surface area contributed by atoms with Crippen LogP contribution in [0.2, 0.25) is 0 Å². The third kappa shape index (κ3) is 3.09. The predicted octanol–water partition coefficient (Wildman–Crippen LogP) is 1.80. The van der Waals surface area contributed by atoms with E-state index in [4.69, 9.17) is 10.8 Å². The lowest BCUT2D eigenvalue weighted by Gasteiger charge is -2.03. The number of H-pyrrole nitrogens is 1. The minimum Gasteiger partial charge on any atom is -0.507 e. The van der Waals surface area contributed by atoms with Crippen molar-refractivity contribution < 1.29 is 10.2 Å². The number of rotatable bonds is 3. The topological polar surface area (TPSA) is 95.2 Å². The zero-order valence-corrected chi connectivity index (χ0v) is 10.6. The van der Waals surface area contributed by atoms with Crippen LogP contribution < -0.4 is 5.73 Å². The van der Waals surface area contributed by atoms with Crippen LogP contribution in [0, 0.1) is 0 Å². The van der Waals surface area contributed by atoms with Gasteiger partial charge in [-0.2, -0.15) is 0 Å². The predicted molar refractivity (Wildman–Crippen MR) is 71.1 cm³/mol. The van der Waals surface area contributed by atoms with E-state index in [1.54, 1.807) is 24.4 Å². The van der Waals surface area contributed by atoms with Crippen molar-refractivity contribution in [1.82, 2.24) is 9.97 Å². The van der Waals surface area contributed by atoms with Crippen LogP contribution in [-0.2, 0) is 0 Å². The first kappa shape index (κ1) is 14.2. The molecule has 0 bridgehead atoms. The van der Waals surface area contributed by atoms with Gasteiger partial charge in [-0.15, -0.1) is 0 Å². The molecule has 0 aliphatic carbocycles. The van der Waals surface area contributed by atoms with Crippen molar-refractivity contribution in [3.63, 3.8) is 0 Å². The highest BCUT2D eigenvalue weighted by atomic mass is 16.3. The van der Waals surface area contributed by atoms with Crippen molar-refractivity contribution in [2.24, 2.45) is 5.73 Å². The van der Waals surface area contributed by atoms with E-state index in [1.807, 2.05) is 19.9 Å². The summed E-state index contributed by atoms with van der Waals surface area (Å²) in [5.41, 5.74) is 6.95. The Morgan fingerprint density at radius 2 is 2.00 bits per heavy atom. The lowest BCUT2D eigenvalue weighted by molar-refractivity contribution is 0.264. The van der Waals surface area contributed by atoms with Crippen LogP contribution in [0.15, 0.2) is 30.5 Å². The molecule has 0 aliphatic rings. The number of para-hydroxylation sites is 1. The number of aromatic amines is 1. The second-order valence-electron chi connectivity index (χ2n) is 3.49. The zero-order chi connectivity index (χ0) is 13.5. The molecule has 1 unspecified atom stereocenters. The Morgan fingerprint density at radius 3 is 2.61 bits per heavy atom. The minimum atomic E-state index is -0.528. The molecule has 1 atom stereocenters. The number of benzene rings is 1. The molecular formula is C13H19N3O2. The second kappa shape index (κ2) is 6.78. The van der Waals surface area contributed by atoms with E-state index in [0.29, 0.717) is 17.1 Å². The minimum absolute atomic E-state index is 0.173. The van der Waals surface area contributed by atoms with Crippen molar-refractivity contribution >= 4 is 0 Å². The number of hydrogen-bond acceptors (Lipinski definition) is 4. The number of aliphatic hydroxyl groups is 1. The number of phenolic OH excluding ortho intramolecular Hbond substituents is 1. The maximum Gasteiger partial charge on any atom is 0.125 e. The van der Waals surface area contributed by atoms with Crippen LogP contribution in [-0.4, -0.2) is 26.8 Å². The average Bonchev–Trinajstić information content (AvgIpc) is 2.90. The van der Waals surface area contributed by atoms with E-state index in [9.17, 15) is 5.11 Å². The highest BCUT2D eigenvalue weighted by Crippen LogP contribution is 2.27. The van der Waals surface area contributed by atoms with Gasteiger partial charge < -0.3 is 20.9 Å². The number of imidazole rings is 1. The molecule has 1 aromatic carbocycles. The smallest absolute Gasteiger partial charge is 0.125 e. The van der Waals surface area contributed by atoms with Crippen molar-refractivity contribution in [3.05, 3.63) is 36.3 Å². The molecule has 0 saturated heterocycles. The lowest BCUT2D eigenvalue weighted by Crippen LogP contribution is -2.15. The van der Waals surface area contributed by atoms with Crippen LogP contribution in [0.3, 0.4) is 0 Å². The normalized spacial score (nSPS) is 11.6. The highest BCUT2D eigenvalue weighted by Gasteiger charge is 2.11. The number of phenols is 1. The molecule has 18 heavy (non-hydrogen) atoms. The van der Waals surface area contributed by atoms with Crippen molar-refractivity contribution in [2.75, 3.05) is 6.61 Å². The third-order valence-corrected chi connectivity index (χ3v) is 2.34. The first-order valence-corrected chi connectivity index (χ1v) is 5.92. The van der Waals surface area contributed by atoms with Gasteiger partial charge in [0.1, 0.15) is 11.6 Å². The van der Waals surface area contributed by atoms with E-state index in [-0.39, 0.29) is 12.4 Å². The van der Waals surface area contributed by atoms with E-state index in [0.717, 1.165) is 0 Å². The summed E-state index contributed by atoms with van der Waals surface area (Å²) in [6.45, 7) is 3.83. The Balaban J connectivity index is 0.000000771. The van der Waals surface area contributed by atoms with Crippen molar-refractivity contribution in [2.45, 2.75) is 19.9 Å². The van der Waals surface area contributed by atoms with Gasteiger partial charge in [0.05, 0.1) is 24.5 Å². The summed E-state index contributed by atoms with van der Waals surface area (Å²) in [7, 11) is 0. The number of aromatic nitrogens is 2. The van der Waals surface area contributed by atoms with Gasteiger partial charge in [-0.25, -0.2) is 4.98 Å². The third-order valence-electron chi connectivity index (χ3n) is 2.34. The van der Waals surface area contributed by atoms with Crippen LogP contribution in [0.25, 0.3) is 11.3 Å². The van der Waals surface area contributed by atoms with E-state index in [2.05, 4.69) is 9.97 Å². The fourth-order valence-electron chi connectivity index (χ4n) is 1.45. The molecule has 0 saturated carbocycles. The van der Waals surface area contributed by atoms with Crippen LogP contribution in [0.4, 0.5) is 0 Å². The summed E-state index contributed by atoms with van der Waals surface area (Å²) in [5.74, 6) is 0.677. The molecule has 0 spiro atoms. The summed E-state index contributed by atoms with van der Waals surface area (Å²) in [4.78, 5) is 7.02. The molecular weight excluding hydrogens is 230 g/mol. The summed E-state index contributed by atoms with van der Waals surface area (Å²) in [5, 5.41) is 18.5. The SMILES string of the molecule is CC.NC(CO)c1ncc(-c2ccccc2O)[nH]1. The Morgan fingerprint density at radius 1 is 1.33 bits per heavy atom. The van der Waals surface area contributed by atoms with Crippen LogP contribution in [0.5, 0.6) is 5.75 Å². The molecule has 5 N–H and O–H groups in total. The highest BCUT2D eigenvalue weighted by molar-refractivity contribution is 5.66.